The van der Waals surface area contributed by atoms with Crippen molar-refractivity contribution in [3.63, 3.8) is 0 Å². The maximum atomic E-state index is 12.1. The van der Waals surface area contributed by atoms with Crippen LogP contribution in [-0.4, -0.2) is 18.5 Å². The van der Waals surface area contributed by atoms with Crippen molar-refractivity contribution in [2.75, 3.05) is 0 Å². The van der Waals surface area contributed by atoms with Crippen molar-refractivity contribution in [2.24, 2.45) is 0 Å². The van der Waals surface area contributed by atoms with Crippen LogP contribution in [0.15, 0.2) is 42.6 Å². The zero-order valence-electron chi connectivity index (χ0n) is 10.7. The molecule has 0 aliphatic heterocycles. The van der Waals surface area contributed by atoms with Gasteiger partial charge in [0.05, 0.1) is 18.1 Å². The number of aliphatic hydroxyl groups excluding tert-OH is 1. The predicted octanol–water partition coefficient (Wildman–Crippen LogP) is 2.34. The van der Waals surface area contributed by atoms with Gasteiger partial charge in [-0.05, 0) is 17.2 Å². The highest BCUT2D eigenvalue weighted by Gasteiger charge is 2.15. The van der Waals surface area contributed by atoms with Gasteiger partial charge >= 0.3 is 0 Å². The molecular weight excluding hydrogens is 298 g/mol. The van der Waals surface area contributed by atoms with Gasteiger partial charge in [-0.1, -0.05) is 41.9 Å². The highest BCUT2D eigenvalue weighted by molar-refractivity contribution is 7.89. The highest BCUT2D eigenvalue weighted by Crippen LogP contribution is 2.18. The van der Waals surface area contributed by atoms with Gasteiger partial charge in [0.2, 0.25) is 0 Å². The molecule has 2 rings (SSSR count). The molecule has 6 heteroatoms. The number of benzene rings is 1. The Bertz CT molecular complexity index is 684. The molecule has 1 aromatic carbocycles. The molecular formula is C14H14ClNO3S. The van der Waals surface area contributed by atoms with Crippen LogP contribution < -0.4 is 0 Å². The van der Waals surface area contributed by atoms with Crippen LogP contribution in [0.25, 0.3) is 0 Å². The summed E-state index contributed by atoms with van der Waals surface area (Å²) in [5.74, 6) is -0.203. The average molecular weight is 312 g/mol. The first kappa shape index (κ1) is 15.0. The van der Waals surface area contributed by atoms with Crippen molar-refractivity contribution in [1.82, 2.24) is 4.98 Å². The van der Waals surface area contributed by atoms with Gasteiger partial charge in [-0.2, -0.15) is 0 Å². The molecule has 0 unspecified atom stereocenters. The minimum absolute atomic E-state index is 0.0572. The van der Waals surface area contributed by atoms with Crippen LogP contribution in [0.2, 0.25) is 5.15 Å². The third-order valence-corrected chi connectivity index (χ3v) is 4.67. The first-order chi connectivity index (χ1) is 9.50. The molecule has 0 spiro atoms. The van der Waals surface area contributed by atoms with Crippen molar-refractivity contribution in [3.8, 4) is 0 Å². The van der Waals surface area contributed by atoms with Gasteiger partial charge < -0.3 is 5.11 Å². The number of halogens is 1. The van der Waals surface area contributed by atoms with Gasteiger partial charge in [0.15, 0.2) is 9.84 Å². The van der Waals surface area contributed by atoms with E-state index in [1.165, 1.54) is 6.20 Å². The smallest absolute Gasteiger partial charge is 0.158 e. The summed E-state index contributed by atoms with van der Waals surface area (Å²) in [5, 5.41) is 9.16. The fraction of sp³-hybridized carbons (Fsp3) is 0.214. The zero-order valence-corrected chi connectivity index (χ0v) is 12.2. The van der Waals surface area contributed by atoms with E-state index in [9.17, 15) is 8.42 Å². The Morgan fingerprint density at radius 1 is 1.05 bits per heavy atom. The van der Waals surface area contributed by atoms with E-state index in [1.807, 2.05) is 0 Å². The van der Waals surface area contributed by atoms with Crippen LogP contribution in [0, 0.1) is 0 Å². The molecule has 0 radical (unpaired) electrons. The molecule has 0 fully saturated rings. The summed E-state index contributed by atoms with van der Waals surface area (Å²) in [5.41, 5.74) is 1.94. The van der Waals surface area contributed by atoms with Crippen molar-refractivity contribution < 1.29 is 13.5 Å². The Labute approximate surface area is 123 Å². The standard InChI is InChI=1S/C14H14ClNO3S/c15-14-13(2-1-7-16-14)10-20(18,19)9-12-5-3-11(8-17)4-6-12/h1-7,17H,8-10H2. The predicted molar refractivity (Wildman–Crippen MR) is 77.9 cm³/mol. The lowest BCUT2D eigenvalue weighted by Gasteiger charge is -2.06. The minimum Gasteiger partial charge on any atom is -0.392 e. The number of sulfone groups is 1. The van der Waals surface area contributed by atoms with Crippen LogP contribution in [-0.2, 0) is 27.9 Å². The number of rotatable bonds is 5. The maximum Gasteiger partial charge on any atom is 0.158 e. The molecule has 4 nitrogen and oxygen atoms in total. The quantitative estimate of drug-likeness (QED) is 0.861. The lowest BCUT2D eigenvalue weighted by Crippen LogP contribution is -2.08. The molecule has 1 aromatic heterocycles. The monoisotopic (exact) mass is 311 g/mol. The third-order valence-electron chi connectivity index (χ3n) is 2.80. The Morgan fingerprint density at radius 3 is 2.30 bits per heavy atom. The molecule has 106 valence electrons. The van der Waals surface area contributed by atoms with E-state index >= 15 is 0 Å². The summed E-state index contributed by atoms with van der Waals surface area (Å²) < 4.78 is 24.3. The lowest BCUT2D eigenvalue weighted by molar-refractivity contribution is 0.282. The van der Waals surface area contributed by atoms with Crippen molar-refractivity contribution in [3.05, 3.63) is 64.4 Å². The number of pyridine rings is 1. The van der Waals surface area contributed by atoms with Crippen LogP contribution in [0.3, 0.4) is 0 Å². The summed E-state index contributed by atoms with van der Waals surface area (Å²) in [7, 11) is -3.32. The number of hydrogen-bond donors (Lipinski definition) is 1. The second kappa shape index (κ2) is 6.35. The molecule has 20 heavy (non-hydrogen) atoms. The second-order valence-corrected chi connectivity index (χ2v) is 6.88. The molecule has 0 aliphatic carbocycles. The van der Waals surface area contributed by atoms with E-state index in [1.54, 1.807) is 36.4 Å². The maximum absolute atomic E-state index is 12.1. The Kier molecular flexibility index (Phi) is 4.75. The van der Waals surface area contributed by atoms with E-state index in [4.69, 9.17) is 16.7 Å². The minimum atomic E-state index is -3.32. The van der Waals surface area contributed by atoms with Gasteiger partial charge in [-0.3, -0.25) is 0 Å². The van der Waals surface area contributed by atoms with E-state index in [-0.39, 0.29) is 23.3 Å². The van der Waals surface area contributed by atoms with Gasteiger partial charge in [-0.15, -0.1) is 0 Å². The summed E-state index contributed by atoms with van der Waals surface area (Å²) >= 11 is 5.87. The number of nitrogens with zero attached hydrogens (tertiary/aromatic N) is 1. The van der Waals surface area contributed by atoms with Crippen LogP contribution in [0.4, 0.5) is 0 Å². The average Bonchev–Trinajstić information content (AvgIpc) is 2.41. The molecule has 0 atom stereocenters. The Balaban J connectivity index is 2.13. The fourth-order valence-corrected chi connectivity index (χ4v) is 3.58. The number of hydrogen-bond acceptors (Lipinski definition) is 4. The molecule has 0 saturated carbocycles. The SMILES string of the molecule is O=S(=O)(Cc1ccc(CO)cc1)Cc1cccnc1Cl. The topological polar surface area (TPSA) is 67.3 Å². The van der Waals surface area contributed by atoms with E-state index in [0.717, 1.165) is 5.56 Å². The van der Waals surface area contributed by atoms with E-state index < -0.39 is 9.84 Å². The van der Waals surface area contributed by atoms with Gasteiger partial charge in [0.25, 0.3) is 0 Å². The third kappa shape index (κ3) is 4.03. The molecule has 2 aromatic rings. The first-order valence-electron chi connectivity index (χ1n) is 5.99. The summed E-state index contributed by atoms with van der Waals surface area (Å²) in [6.45, 7) is -0.0572. The summed E-state index contributed by atoms with van der Waals surface area (Å²) in [6, 6.07) is 10.1. The van der Waals surface area contributed by atoms with Gasteiger partial charge in [0.1, 0.15) is 5.15 Å². The molecule has 1 N–H and O–H groups in total. The molecule has 0 amide bonds. The van der Waals surface area contributed by atoms with Crippen molar-refractivity contribution in [1.29, 1.82) is 0 Å². The van der Waals surface area contributed by atoms with Crippen LogP contribution in [0.1, 0.15) is 16.7 Å². The van der Waals surface area contributed by atoms with Crippen molar-refractivity contribution in [2.45, 2.75) is 18.1 Å². The molecule has 0 aliphatic rings. The second-order valence-electron chi connectivity index (χ2n) is 4.46. The summed E-state index contributed by atoms with van der Waals surface area (Å²) in [6.07, 6.45) is 1.52. The lowest BCUT2D eigenvalue weighted by atomic mass is 10.2. The highest BCUT2D eigenvalue weighted by atomic mass is 35.5. The molecule has 1 heterocycles. The van der Waals surface area contributed by atoms with Crippen molar-refractivity contribution >= 4 is 21.4 Å². The number of aromatic nitrogens is 1. The molecule has 0 bridgehead atoms. The normalized spacial score (nSPS) is 11.5. The van der Waals surface area contributed by atoms with E-state index in [2.05, 4.69) is 4.98 Å². The molecule has 0 saturated heterocycles. The van der Waals surface area contributed by atoms with Crippen LogP contribution >= 0.6 is 11.6 Å². The van der Waals surface area contributed by atoms with E-state index in [0.29, 0.717) is 11.1 Å². The zero-order chi connectivity index (χ0) is 14.6. The Hall–Kier alpha value is -1.43. The fourth-order valence-electron chi connectivity index (χ4n) is 1.81. The van der Waals surface area contributed by atoms with Crippen LogP contribution in [0.5, 0.6) is 0 Å². The summed E-state index contributed by atoms with van der Waals surface area (Å²) in [4.78, 5) is 3.87. The Morgan fingerprint density at radius 2 is 1.70 bits per heavy atom. The van der Waals surface area contributed by atoms with Gasteiger partial charge in [0, 0.05) is 11.8 Å². The van der Waals surface area contributed by atoms with Gasteiger partial charge in [-0.25, -0.2) is 13.4 Å². The largest absolute Gasteiger partial charge is 0.392 e. The number of aliphatic hydroxyl groups is 1. The first-order valence-corrected chi connectivity index (χ1v) is 8.18.